The second-order valence-electron chi connectivity index (χ2n) is 15.6. The smallest absolute Gasteiger partial charge is 0.293 e. The van der Waals surface area contributed by atoms with E-state index in [1.165, 1.54) is 193 Å². The van der Waals surface area contributed by atoms with Gasteiger partial charge in [-0.2, -0.15) is 0 Å². The van der Waals surface area contributed by atoms with Crippen LogP contribution in [0.2, 0.25) is 0 Å². The molecule has 1 unspecified atom stereocenters. The molecule has 53 heavy (non-hydrogen) atoms. The minimum absolute atomic E-state index is 0.263. The van der Waals surface area contributed by atoms with E-state index >= 15 is 0 Å². The molecule has 320 valence electrons. The van der Waals surface area contributed by atoms with E-state index in [4.69, 9.17) is 4.74 Å². The molecule has 0 saturated carbocycles. The third-order valence-electron chi connectivity index (χ3n) is 10.5. The number of carbonyl (C=O) groups is 2. The van der Waals surface area contributed by atoms with Crippen LogP contribution < -0.4 is 0 Å². The zero-order chi connectivity index (χ0) is 39.7. The molecule has 1 N–H and O–H groups in total. The molecule has 0 aromatic rings. The zero-order valence-electron chi connectivity index (χ0n) is 37.0. The number of hydrogen-bond acceptors (Lipinski definition) is 6. The molecule has 1 atom stereocenters. The minimum atomic E-state index is 0.263. The molecule has 0 fully saturated rings. The van der Waals surface area contributed by atoms with Gasteiger partial charge in [0.15, 0.2) is 0 Å². The van der Waals surface area contributed by atoms with Crippen molar-refractivity contribution in [3.63, 3.8) is 0 Å². The van der Waals surface area contributed by atoms with Gasteiger partial charge in [0.1, 0.15) is 6.29 Å². The molecule has 0 aromatic carbocycles. The summed E-state index contributed by atoms with van der Waals surface area (Å²) in [6.07, 6.45) is 44.2. The van der Waals surface area contributed by atoms with Crippen LogP contribution >= 0.6 is 0 Å². The third-order valence-corrected chi connectivity index (χ3v) is 10.5. The SMILES string of the molecule is CCCCCCCCC(CCCCCCCC)OC.CCCCCCCCCOC=O.CCCCCCCCN(CCO)C(C)CCCCCCC=O. The molecule has 0 aliphatic rings. The van der Waals surface area contributed by atoms with Crippen LogP contribution in [0.15, 0.2) is 0 Å². The molecule has 0 aliphatic heterocycles. The molecule has 0 spiro atoms. The number of unbranched alkanes of at least 4 members (excludes halogenated alkanes) is 25. The van der Waals surface area contributed by atoms with E-state index in [0.717, 1.165) is 32.2 Å². The third kappa shape index (κ3) is 51.0. The molecule has 0 aliphatic carbocycles. The van der Waals surface area contributed by atoms with Crippen molar-refractivity contribution in [3.05, 3.63) is 0 Å². The van der Waals surface area contributed by atoms with Crippen molar-refractivity contribution in [2.45, 2.75) is 259 Å². The maximum absolute atomic E-state index is 10.3. The quantitative estimate of drug-likeness (QED) is 0.0495. The fourth-order valence-corrected chi connectivity index (χ4v) is 6.86. The second-order valence-corrected chi connectivity index (χ2v) is 15.6. The zero-order valence-corrected chi connectivity index (χ0v) is 37.0. The largest absolute Gasteiger partial charge is 0.468 e. The van der Waals surface area contributed by atoms with Gasteiger partial charge in [-0.15, -0.1) is 0 Å². The number of aliphatic hydroxyl groups excluding tert-OH is 1. The van der Waals surface area contributed by atoms with Gasteiger partial charge < -0.3 is 19.4 Å². The van der Waals surface area contributed by atoms with Crippen molar-refractivity contribution in [2.24, 2.45) is 0 Å². The predicted octanol–water partition coefficient (Wildman–Crippen LogP) is 14.0. The van der Waals surface area contributed by atoms with E-state index in [1.54, 1.807) is 0 Å². The van der Waals surface area contributed by atoms with E-state index in [1.807, 2.05) is 7.11 Å². The highest BCUT2D eigenvalue weighted by Crippen LogP contribution is 2.17. The highest BCUT2D eigenvalue weighted by atomic mass is 16.5. The summed E-state index contributed by atoms with van der Waals surface area (Å²) in [5.74, 6) is 0. The number of methoxy groups -OCH3 is 1. The minimum Gasteiger partial charge on any atom is -0.468 e. The maximum Gasteiger partial charge on any atom is 0.293 e. The van der Waals surface area contributed by atoms with Gasteiger partial charge in [-0.25, -0.2) is 0 Å². The number of hydrogen-bond donors (Lipinski definition) is 1. The fourth-order valence-electron chi connectivity index (χ4n) is 6.86. The van der Waals surface area contributed by atoms with Crippen LogP contribution in [-0.4, -0.2) is 68.3 Å². The molecular formula is C47H97NO5. The van der Waals surface area contributed by atoms with Crippen molar-refractivity contribution in [1.82, 2.24) is 4.90 Å². The molecule has 6 heteroatoms. The lowest BCUT2D eigenvalue weighted by molar-refractivity contribution is -0.128. The predicted molar refractivity (Wildman–Crippen MR) is 232 cm³/mol. The van der Waals surface area contributed by atoms with Gasteiger partial charge in [0.05, 0.1) is 19.3 Å². The summed E-state index contributed by atoms with van der Waals surface area (Å²) < 4.78 is 10.2. The van der Waals surface area contributed by atoms with Gasteiger partial charge in [0.25, 0.3) is 6.47 Å². The Balaban J connectivity index is -0.000000738. The fraction of sp³-hybridized carbons (Fsp3) is 0.957. The molecular weight excluding hydrogens is 659 g/mol. The molecule has 0 amide bonds. The number of aldehydes is 1. The van der Waals surface area contributed by atoms with Crippen molar-refractivity contribution >= 4 is 12.8 Å². The summed E-state index contributed by atoms with van der Waals surface area (Å²) in [5.41, 5.74) is 0. The molecule has 6 nitrogen and oxygen atoms in total. The Bertz CT molecular complexity index is 632. The first-order chi connectivity index (χ1) is 26.0. The first-order valence-corrected chi connectivity index (χ1v) is 23.4. The summed E-state index contributed by atoms with van der Waals surface area (Å²) >= 11 is 0. The number of aliphatic hydroxyl groups is 1. The Hall–Kier alpha value is -0.980. The molecule has 0 heterocycles. The monoisotopic (exact) mass is 756 g/mol. The van der Waals surface area contributed by atoms with E-state index in [2.05, 4.69) is 44.3 Å². The summed E-state index contributed by atoms with van der Waals surface area (Å²) in [7, 11) is 1.89. The van der Waals surface area contributed by atoms with Gasteiger partial charge in [-0.3, -0.25) is 9.69 Å². The van der Waals surface area contributed by atoms with Gasteiger partial charge in [-0.05, 0) is 52.0 Å². The lowest BCUT2D eigenvalue weighted by Crippen LogP contribution is -2.36. The topological polar surface area (TPSA) is 76.1 Å². The van der Waals surface area contributed by atoms with Crippen LogP contribution in [0.5, 0.6) is 0 Å². The Kier molecular flexibility index (Phi) is 56.5. The summed E-state index contributed by atoms with van der Waals surface area (Å²) in [6.45, 7) is 14.6. The van der Waals surface area contributed by atoms with Gasteiger partial charge in [0, 0.05) is 26.1 Å². The Morgan fingerprint density at radius 2 is 0.906 bits per heavy atom. The highest BCUT2D eigenvalue weighted by Gasteiger charge is 2.12. The number of ether oxygens (including phenoxy) is 2. The van der Waals surface area contributed by atoms with Crippen molar-refractivity contribution < 1.29 is 24.2 Å². The maximum atomic E-state index is 10.3. The Morgan fingerprint density at radius 1 is 0.509 bits per heavy atom. The second kappa shape index (κ2) is 53.1. The molecule has 0 aromatic heterocycles. The van der Waals surface area contributed by atoms with E-state index < -0.39 is 0 Å². The summed E-state index contributed by atoms with van der Waals surface area (Å²) in [6, 6.07) is 0.564. The lowest BCUT2D eigenvalue weighted by Gasteiger charge is -2.28. The normalized spacial score (nSPS) is 11.6. The van der Waals surface area contributed by atoms with Crippen LogP contribution in [0.3, 0.4) is 0 Å². The van der Waals surface area contributed by atoms with Crippen molar-refractivity contribution in [3.8, 4) is 0 Å². The van der Waals surface area contributed by atoms with E-state index in [9.17, 15) is 14.7 Å². The number of rotatable bonds is 41. The van der Waals surface area contributed by atoms with E-state index in [-0.39, 0.29) is 6.61 Å². The molecule has 0 rings (SSSR count). The van der Waals surface area contributed by atoms with E-state index in [0.29, 0.717) is 31.6 Å². The summed E-state index contributed by atoms with van der Waals surface area (Å²) in [4.78, 5) is 22.5. The van der Waals surface area contributed by atoms with Crippen molar-refractivity contribution in [1.29, 1.82) is 0 Å². The first kappa shape index (κ1) is 56.4. The van der Waals surface area contributed by atoms with Crippen molar-refractivity contribution in [2.75, 3.05) is 33.4 Å². The van der Waals surface area contributed by atoms with Crippen LogP contribution in [0.4, 0.5) is 0 Å². The lowest BCUT2D eigenvalue weighted by atomic mass is 10.0. The molecule has 0 radical (unpaired) electrons. The molecule has 0 bridgehead atoms. The Morgan fingerprint density at radius 3 is 1.32 bits per heavy atom. The van der Waals surface area contributed by atoms with Crippen LogP contribution in [0.25, 0.3) is 0 Å². The average molecular weight is 756 g/mol. The number of nitrogens with zero attached hydrogens (tertiary/aromatic N) is 1. The van der Waals surface area contributed by atoms with Crippen LogP contribution in [0, 0.1) is 0 Å². The summed E-state index contributed by atoms with van der Waals surface area (Å²) in [5, 5.41) is 9.25. The van der Waals surface area contributed by atoms with Gasteiger partial charge >= 0.3 is 0 Å². The highest BCUT2D eigenvalue weighted by molar-refractivity contribution is 5.48. The Labute approximate surface area is 333 Å². The number of carbonyl (C=O) groups excluding carboxylic acids is 2. The standard InChI is InChI=1S/C19H39NO2.C18H38O.C10H20O2/c1-3-4-5-6-9-12-15-20(16-18-22)19(2)14-11-8-7-10-13-17-21;1-4-6-8-10-12-14-16-18(19-3)17-15-13-11-9-7-5-2;1-2-3-4-5-6-7-8-9-12-10-11/h17,19,22H,3-16,18H2,1-2H3;18H,4-17H2,1-3H3;10H,2-9H2,1H3. The molecule has 0 saturated heterocycles. The van der Waals surface area contributed by atoms with Gasteiger partial charge in [-0.1, -0.05) is 195 Å². The van der Waals surface area contributed by atoms with Crippen LogP contribution in [0.1, 0.15) is 247 Å². The van der Waals surface area contributed by atoms with Crippen LogP contribution in [-0.2, 0) is 19.1 Å². The average Bonchev–Trinajstić information content (AvgIpc) is 3.17. The first-order valence-electron chi connectivity index (χ1n) is 23.4. The van der Waals surface area contributed by atoms with Gasteiger partial charge in [0.2, 0.25) is 0 Å².